The minimum atomic E-state index is -0.352. The van der Waals surface area contributed by atoms with E-state index in [0.717, 1.165) is 29.9 Å². The second kappa shape index (κ2) is 10.5. The van der Waals surface area contributed by atoms with Crippen molar-refractivity contribution in [1.29, 1.82) is 0 Å². The third-order valence-corrected chi connectivity index (χ3v) is 6.42. The summed E-state index contributed by atoms with van der Waals surface area (Å²) >= 11 is 0. The Balaban J connectivity index is 1.39. The lowest BCUT2D eigenvalue weighted by atomic mass is 10.1. The zero-order chi connectivity index (χ0) is 25.9. The van der Waals surface area contributed by atoms with Crippen molar-refractivity contribution in [1.82, 2.24) is 14.4 Å². The van der Waals surface area contributed by atoms with Crippen LogP contribution < -0.4 is 15.2 Å². The second-order valence-electron chi connectivity index (χ2n) is 9.02. The molecule has 38 heavy (non-hydrogen) atoms. The van der Waals surface area contributed by atoms with Crippen molar-refractivity contribution in [3.63, 3.8) is 0 Å². The second-order valence-corrected chi connectivity index (χ2v) is 9.02. The van der Waals surface area contributed by atoms with Crippen LogP contribution in [0.5, 0.6) is 5.75 Å². The van der Waals surface area contributed by atoms with E-state index in [2.05, 4.69) is 9.88 Å². The van der Waals surface area contributed by atoms with E-state index >= 15 is 0 Å². The normalized spacial score (nSPS) is 13.7. The Kier molecular flexibility index (Phi) is 6.58. The molecule has 0 radical (unpaired) electrons. The van der Waals surface area contributed by atoms with Crippen molar-refractivity contribution in [2.45, 2.75) is 13.0 Å². The maximum absolute atomic E-state index is 13.8. The molecule has 0 atom stereocenters. The average molecular weight is 513 g/mol. The molecule has 192 valence electrons. The van der Waals surface area contributed by atoms with Crippen LogP contribution in [0.1, 0.15) is 16.9 Å². The van der Waals surface area contributed by atoms with Crippen molar-refractivity contribution < 1.29 is 18.3 Å². The summed E-state index contributed by atoms with van der Waals surface area (Å²) in [6.45, 7) is 2.95. The molecule has 5 aromatic rings. The summed E-state index contributed by atoms with van der Waals surface area (Å²) in [4.78, 5) is 25.1. The van der Waals surface area contributed by atoms with Gasteiger partial charge in [-0.1, -0.05) is 42.5 Å². The zero-order valence-electron chi connectivity index (χ0n) is 20.5. The molecule has 9 heteroatoms. The molecular weight excluding hydrogens is 487 g/mol. The number of aromatic nitrogens is 3. The Morgan fingerprint density at radius 3 is 2.53 bits per heavy atom. The first-order valence-corrected chi connectivity index (χ1v) is 12.4. The van der Waals surface area contributed by atoms with E-state index in [4.69, 9.17) is 18.9 Å². The maximum atomic E-state index is 13.8. The fourth-order valence-electron chi connectivity index (χ4n) is 4.43. The Morgan fingerprint density at radius 1 is 0.947 bits per heavy atom. The molecule has 0 amide bonds. The van der Waals surface area contributed by atoms with Gasteiger partial charge in [0.1, 0.15) is 23.8 Å². The van der Waals surface area contributed by atoms with Gasteiger partial charge in [0.15, 0.2) is 5.69 Å². The summed E-state index contributed by atoms with van der Waals surface area (Å²) < 4.78 is 32.3. The van der Waals surface area contributed by atoms with Crippen LogP contribution in [0.3, 0.4) is 0 Å². The molecule has 1 aliphatic heterocycles. The lowest BCUT2D eigenvalue weighted by Gasteiger charge is -2.28. The van der Waals surface area contributed by atoms with Crippen LogP contribution in [0.25, 0.3) is 17.2 Å². The van der Waals surface area contributed by atoms with Crippen LogP contribution in [0.15, 0.2) is 88.3 Å². The first-order valence-electron chi connectivity index (χ1n) is 12.4. The van der Waals surface area contributed by atoms with Gasteiger partial charge in [0.2, 0.25) is 11.6 Å². The summed E-state index contributed by atoms with van der Waals surface area (Å²) in [5.41, 5.74) is 3.02. The van der Waals surface area contributed by atoms with E-state index in [0.29, 0.717) is 31.0 Å². The molecule has 6 rings (SSSR count). The number of oxazole rings is 1. The predicted octanol–water partition coefficient (Wildman–Crippen LogP) is 4.50. The Morgan fingerprint density at radius 2 is 1.74 bits per heavy atom. The van der Waals surface area contributed by atoms with Crippen LogP contribution >= 0.6 is 0 Å². The zero-order valence-corrected chi connectivity index (χ0v) is 20.5. The van der Waals surface area contributed by atoms with Crippen molar-refractivity contribution in [3.8, 4) is 17.3 Å². The first-order chi connectivity index (χ1) is 18.6. The fraction of sp³-hybridized carbons (Fsp3) is 0.207. The van der Waals surface area contributed by atoms with Crippen LogP contribution in [0.2, 0.25) is 0 Å². The molecule has 1 aliphatic rings. The molecule has 2 aromatic carbocycles. The fourth-order valence-corrected chi connectivity index (χ4v) is 4.43. The molecule has 0 N–H and O–H groups in total. The maximum Gasteiger partial charge on any atom is 0.301 e. The topological polar surface area (TPSA) is 82.1 Å². The SMILES string of the molecule is O=c1c(OCc2ccccc2)c(-c2ncc(Cc3ccc(F)cc3)o2)nc2ccc(N3CCOCC3)cn12. The number of benzene rings is 2. The molecule has 1 fully saturated rings. The summed E-state index contributed by atoms with van der Waals surface area (Å²) in [5.74, 6) is 0.498. The van der Waals surface area contributed by atoms with E-state index in [1.807, 2.05) is 36.4 Å². The van der Waals surface area contributed by atoms with E-state index in [9.17, 15) is 9.18 Å². The summed E-state index contributed by atoms with van der Waals surface area (Å²) in [7, 11) is 0. The van der Waals surface area contributed by atoms with Crippen molar-refractivity contribution in [2.75, 3.05) is 31.2 Å². The van der Waals surface area contributed by atoms with Crippen molar-refractivity contribution in [3.05, 3.63) is 112 Å². The standard InChI is InChI=1S/C29H25FN4O4/c30-22-8-6-20(7-9-22)16-24-17-31-28(38-24)26-27(37-19-21-4-2-1-3-5-21)29(35)34-18-23(10-11-25(34)32-26)33-12-14-36-15-13-33/h1-11,17-18H,12-16,19H2. The van der Waals surface area contributed by atoms with Gasteiger partial charge in [-0.15, -0.1) is 0 Å². The molecule has 3 aromatic heterocycles. The van der Waals surface area contributed by atoms with Gasteiger partial charge >= 0.3 is 5.56 Å². The molecule has 0 unspecified atom stereocenters. The number of halogens is 1. The van der Waals surface area contributed by atoms with Gasteiger partial charge in [0.25, 0.3) is 0 Å². The van der Waals surface area contributed by atoms with Gasteiger partial charge in [0.05, 0.1) is 25.1 Å². The van der Waals surface area contributed by atoms with E-state index < -0.39 is 0 Å². The highest BCUT2D eigenvalue weighted by atomic mass is 19.1. The number of fused-ring (bicyclic) bond motifs is 1. The lowest BCUT2D eigenvalue weighted by Crippen LogP contribution is -2.36. The van der Waals surface area contributed by atoms with Crippen LogP contribution in [0.4, 0.5) is 10.1 Å². The van der Waals surface area contributed by atoms with E-state index in [1.54, 1.807) is 30.6 Å². The van der Waals surface area contributed by atoms with Gasteiger partial charge in [0, 0.05) is 25.7 Å². The highest BCUT2D eigenvalue weighted by Crippen LogP contribution is 2.28. The number of rotatable bonds is 7. The molecule has 0 spiro atoms. The lowest BCUT2D eigenvalue weighted by molar-refractivity contribution is 0.122. The minimum absolute atomic E-state index is 0.0562. The monoisotopic (exact) mass is 512 g/mol. The molecular formula is C29H25FN4O4. The summed E-state index contributed by atoms with van der Waals surface area (Å²) in [6.07, 6.45) is 3.79. The Hall–Kier alpha value is -4.50. The van der Waals surface area contributed by atoms with Gasteiger partial charge in [-0.3, -0.25) is 9.20 Å². The minimum Gasteiger partial charge on any atom is -0.481 e. The van der Waals surface area contributed by atoms with Gasteiger partial charge in [-0.05, 0) is 35.4 Å². The smallest absolute Gasteiger partial charge is 0.301 e. The molecule has 0 saturated carbocycles. The van der Waals surface area contributed by atoms with E-state index in [1.165, 1.54) is 16.5 Å². The molecule has 0 aliphatic carbocycles. The number of nitrogens with zero attached hydrogens (tertiary/aromatic N) is 4. The Labute approximate surface area is 217 Å². The number of morpholine rings is 1. The van der Waals surface area contributed by atoms with Gasteiger partial charge < -0.3 is 18.8 Å². The third kappa shape index (κ3) is 5.01. The largest absolute Gasteiger partial charge is 0.481 e. The van der Waals surface area contributed by atoms with Gasteiger partial charge in [-0.2, -0.15) is 0 Å². The number of hydrogen-bond acceptors (Lipinski definition) is 7. The van der Waals surface area contributed by atoms with Crippen molar-refractivity contribution in [2.24, 2.45) is 0 Å². The average Bonchev–Trinajstić information content (AvgIpc) is 3.43. The van der Waals surface area contributed by atoms with Gasteiger partial charge in [-0.25, -0.2) is 14.4 Å². The molecule has 0 bridgehead atoms. The number of ether oxygens (including phenoxy) is 2. The highest BCUT2D eigenvalue weighted by molar-refractivity contribution is 5.63. The number of hydrogen-bond donors (Lipinski definition) is 0. The van der Waals surface area contributed by atoms with E-state index in [-0.39, 0.29) is 35.3 Å². The molecule has 1 saturated heterocycles. The van der Waals surface area contributed by atoms with Crippen LogP contribution in [-0.4, -0.2) is 40.7 Å². The number of pyridine rings is 1. The van der Waals surface area contributed by atoms with Crippen LogP contribution in [0, 0.1) is 5.82 Å². The molecule has 8 nitrogen and oxygen atoms in total. The van der Waals surface area contributed by atoms with Crippen LogP contribution in [-0.2, 0) is 17.8 Å². The first kappa shape index (κ1) is 23.9. The third-order valence-electron chi connectivity index (χ3n) is 6.42. The quantitative estimate of drug-likeness (QED) is 0.318. The van der Waals surface area contributed by atoms with Crippen molar-refractivity contribution >= 4 is 11.3 Å². The highest BCUT2D eigenvalue weighted by Gasteiger charge is 2.22. The Bertz CT molecular complexity index is 1610. The summed E-state index contributed by atoms with van der Waals surface area (Å²) in [6, 6.07) is 19.5. The molecule has 4 heterocycles. The number of anilines is 1. The predicted molar refractivity (Wildman–Crippen MR) is 140 cm³/mol. The summed E-state index contributed by atoms with van der Waals surface area (Å²) in [5, 5.41) is 0.